The molecular weight excluding hydrogens is 310 g/mol. The summed E-state index contributed by atoms with van der Waals surface area (Å²) in [6, 6.07) is 12.2. The van der Waals surface area contributed by atoms with Gasteiger partial charge >= 0.3 is 0 Å². The van der Waals surface area contributed by atoms with Gasteiger partial charge in [0, 0.05) is 6.07 Å². The average molecular weight is 321 g/mol. The lowest BCUT2D eigenvalue weighted by molar-refractivity contribution is 0.101. The Morgan fingerprint density at radius 3 is 2.88 bits per heavy atom. The second-order valence-corrected chi connectivity index (χ2v) is 5.16. The van der Waals surface area contributed by atoms with Gasteiger partial charge in [0.1, 0.15) is 17.6 Å². The van der Waals surface area contributed by atoms with Gasteiger partial charge in [-0.1, -0.05) is 6.07 Å². The minimum Gasteiger partial charge on any atom is -0.479 e. The highest BCUT2D eigenvalue weighted by molar-refractivity contribution is 6.14. The Hall–Kier alpha value is -3.46. The van der Waals surface area contributed by atoms with Crippen molar-refractivity contribution in [3.63, 3.8) is 0 Å². The molecule has 24 heavy (non-hydrogen) atoms. The molecule has 0 saturated heterocycles. The van der Waals surface area contributed by atoms with Crippen LogP contribution in [0.4, 0.5) is 0 Å². The van der Waals surface area contributed by atoms with E-state index in [1.165, 1.54) is 0 Å². The quantitative estimate of drug-likeness (QED) is 0.809. The fourth-order valence-corrected chi connectivity index (χ4v) is 2.53. The van der Waals surface area contributed by atoms with Crippen molar-refractivity contribution in [2.75, 3.05) is 13.4 Å². The van der Waals surface area contributed by atoms with E-state index < -0.39 is 0 Å². The second-order valence-electron chi connectivity index (χ2n) is 5.16. The number of hydrogen-bond donors (Lipinski definition) is 0. The maximum absolute atomic E-state index is 12.4. The van der Waals surface area contributed by atoms with Gasteiger partial charge in [0.05, 0.1) is 5.56 Å². The normalized spacial score (nSPS) is 15.8. The van der Waals surface area contributed by atoms with E-state index in [2.05, 4.69) is 0 Å². The minimum absolute atomic E-state index is 0.0629. The molecule has 0 unspecified atom stereocenters. The van der Waals surface area contributed by atoms with Gasteiger partial charge in [-0.3, -0.25) is 4.79 Å². The molecule has 2 aromatic carbocycles. The van der Waals surface area contributed by atoms with Crippen LogP contribution in [-0.4, -0.2) is 19.2 Å². The van der Waals surface area contributed by atoms with Crippen molar-refractivity contribution in [3.05, 3.63) is 53.3 Å². The predicted octanol–water partition coefficient (Wildman–Crippen LogP) is 2.93. The summed E-state index contributed by atoms with van der Waals surface area (Å²) in [6.07, 6.45) is 1.65. The predicted molar refractivity (Wildman–Crippen MR) is 83.1 cm³/mol. The first-order chi connectivity index (χ1) is 11.7. The molecule has 4 rings (SSSR count). The summed E-state index contributed by atoms with van der Waals surface area (Å²) in [4.78, 5) is 12.4. The van der Waals surface area contributed by atoms with E-state index in [0.29, 0.717) is 28.6 Å². The van der Waals surface area contributed by atoms with Crippen LogP contribution in [0.2, 0.25) is 0 Å². The number of nitrogens with zero attached hydrogens (tertiary/aromatic N) is 1. The number of Topliss-reactive ketones (excluding diaryl/α,β-unsaturated/α-hetero) is 1. The Labute approximate surface area is 137 Å². The topological polar surface area (TPSA) is 77.8 Å². The van der Waals surface area contributed by atoms with E-state index in [1.807, 2.05) is 12.1 Å². The number of fused-ring (bicyclic) bond motifs is 2. The molecule has 0 atom stereocenters. The first-order valence-corrected chi connectivity index (χ1v) is 7.22. The zero-order valence-corrected chi connectivity index (χ0v) is 12.4. The maximum atomic E-state index is 12.4. The fourth-order valence-electron chi connectivity index (χ4n) is 2.53. The van der Waals surface area contributed by atoms with Crippen LogP contribution in [-0.2, 0) is 0 Å². The number of benzene rings is 2. The summed E-state index contributed by atoms with van der Waals surface area (Å²) in [5.74, 6) is 2.24. The molecular formula is C18H11NO5. The van der Waals surface area contributed by atoms with Crippen LogP contribution in [0.15, 0.2) is 42.2 Å². The lowest BCUT2D eigenvalue weighted by Crippen LogP contribution is -1.98. The number of ketones is 1. The molecule has 2 aliphatic heterocycles. The number of rotatable bonds is 3. The van der Waals surface area contributed by atoms with Gasteiger partial charge in [-0.25, -0.2) is 0 Å². The van der Waals surface area contributed by atoms with E-state index in [-0.39, 0.29) is 24.9 Å². The molecule has 0 aromatic heterocycles. The third kappa shape index (κ3) is 2.42. The molecule has 6 nitrogen and oxygen atoms in total. The molecule has 0 fully saturated rings. The van der Waals surface area contributed by atoms with Crippen LogP contribution in [0.1, 0.15) is 15.9 Å². The Kier molecular flexibility index (Phi) is 3.32. The molecule has 6 heteroatoms. The fraction of sp³-hybridized carbons (Fsp3) is 0.111. The summed E-state index contributed by atoms with van der Waals surface area (Å²) in [6.45, 7) is 0.133. The van der Waals surface area contributed by atoms with Gasteiger partial charge in [-0.2, -0.15) is 5.26 Å². The van der Waals surface area contributed by atoms with Crippen molar-refractivity contribution in [3.8, 4) is 29.1 Å². The van der Waals surface area contributed by atoms with Crippen LogP contribution < -0.4 is 18.9 Å². The lowest BCUT2D eigenvalue weighted by Gasteiger charge is -2.03. The minimum atomic E-state index is -0.200. The molecule has 2 heterocycles. The van der Waals surface area contributed by atoms with Gasteiger partial charge in [0.25, 0.3) is 0 Å². The number of carbonyl (C=O) groups excluding carboxylic acids is 1. The first kappa shape index (κ1) is 14.2. The molecule has 0 saturated carbocycles. The molecule has 118 valence electrons. The Bertz CT molecular complexity index is 910. The first-order valence-electron chi connectivity index (χ1n) is 7.22. The molecule has 0 radical (unpaired) electrons. The summed E-state index contributed by atoms with van der Waals surface area (Å²) in [5.41, 5.74) is 1.24. The van der Waals surface area contributed by atoms with Crippen molar-refractivity contribution < 1.29 is 23.7 Å². The Balaban J connectivity index is 1.61. The largest absolute Gasteiger partial charge is 0.479 e. The van der Waals surface area contributed by atoms with Gasteiger partial charge in [0.15, 0.2) is 23.9 Å². The molecule has 0 aliphatic carbocycles. The number of nitriles is 1. The summed E-state index contributed by atoms with van der Waals surface area (Å²) < 4.78 is 21.4. The molecule has 2 aromatic rings. The van der Waals surface area contributed by atoms with E-state index in [1.54, 1.807) is 36.4 Å². The highest BCUT2D eigenvalue weighted by atomic mass is 16.7. The van der Waals surface area contributed by atoms with E-state index >= 15 is 0 Å². The third-order valence-corrected chi connectivity index (χ3v) is 3.64. The summed E-state index contributed by atoms with van der Waals surface area (Å²) >= 11 is 0. The zero-order valence-electron chi connectivity index (χ0n) is 12.4. The maximum Gasteiger partial charge on any atom is 0.231 e. The smallest absolute Gasteiger partial charge is 0.231 e. The van der Waals surface area contributed by atoms with Gasteiger partial charge in [-0.15, -0.1) is 0 Å². The van der Waals surface area contributed by atoms with E-state index in [0.717, 1.165) is 5.56 Å². The van der Waals surface area contributed by atoms with Crippen LogP contribution in [0, 0.1) is 11.3 Å². The van der Waals surface area contributed by atoms with Crippen molar-refractivity contribution in [2.45, 2.75) is 0 Å². The van der Waals surface area contributed by atoms with E-state index in [4.69, 9.17) is 24.2 Å². The molecule has 0 N–H and O–H groups in total. The van der Waals surface area contributed by atoms with Crippen LogP contribution in [0.3, 0.4) is 0 Å². The zero-order chi connectivity index (χ0) is 16.5. The SMILES string of the molecule is N#CCOc1ccc2c(c1)O/C(=C\c1ccc3c(c1)OCO3)C2=O. The number of ether oxygens (including phenoxy) is 4. The summed E-state index contributed by atoms with van der Waals surface area (Å²) in [5, 5.41) is 8.55. The molecule has 2 aliphatic rings. The summed E-state index contributed by atoms with van der Waals surface area (Å²) in [7, 11) is 0. The second kappa shape index (κ2) is 5.63. The van der Waals surface area contributed by atoms with Crippen molar-refractivity contribution in [2.24, 2.45) is 0 Å². The van der Waals surface area contributed by atoms with Crippen molar-refractivity contribution in [1.29, 1.82) is 5.26 Å². The molecule has 0 bridgehead atoms. The molecule has 0 spiro atoms. The van der Waals surface area contributed by atoms with Gasteiger partial charge < -0.3 is 18.9 Å². The molecule has 0 amide bonds. The number of hydrogen-bond acceptors (Lipinski definition) is 6. The number of allylic oxidation sites excluding steroid dienone is 1. The van der Waals surface area contributed by atoms with Crippen LogP contribution in [0.5, 0.6) is 23.0 Å². The monoisotopic (exact) mass is 321 g/mol. The number of carbonyl (C=O) groups is 1. The van der Waals surface area contributed by atoms with Gasteiger partial charge in [0.2, 0.25) is 12.6 Å². The van der Waals surface area contributed by atoms with E-state index in [9.17, 15) is 4.79 Å². The lowest BCUT2D eigenvalue weighted by atomic mass is 10.1. The van der Waals surface area contributed by atoms with Crippen molar-refractivity contribution >= 4 is 11.9 Å². The Morgan fingerprint density at radius 2 is 2.00 bits per heavy atom. The standard InChI is InChI=1S/C18H11NO5/c19-5-6-21-12-2-3-13-15(9-12)24-17(18(13)20)8-11-1-4-14-16(7-11)23-10-22-14/h1-4,7-9H,6,10H2/b17-8-. The third-order valence-electron chi connectivity index (χ3n) is 3.64. The Morgan fingerprint density at radius 1 is 1.12 bits per heavy atom. The highest BCUT2D eigenvalue weighted by Gasteiger charge is 2.28. The van der Waals surface area contributed by atoms with Crippen molar-refractivity contribution in [1.82, 2.24) is 0 Å². The average Bonchev–Trinajstić information content (AvgIpc) is 3.17. The van der Waals surface area contributed by atoms with Gasteiger partial charge in [-0.05, 0) is 35.9 Å². The highest BCUT2D eigenvalue weighted by Crippen LogP contribution is 2.36. The van der Waals surface area contributed by atoms with Crippen LogP contribution in [0.25, 0.3) is 6.08 Å². The van der Waals surface area contributed by atoms with Crippen LogP contribution >= 0.6 is 0 Å².